The molecule has 0 unspecified atom stereocenters. The first-order valence-corrected chi connectivity index (χ1v) is 20.9. The molecule has 2 heterocycles. The standard InChI is InChI=1S/C58H38N4/c1-5-13-39(14-6-1)41-21-28-47(29-22-41)56-60-57(48-30-23-42(24-31-48)40-15-7-2-8-16-40)62-58(61-56)49-32-25-43(26-33-49)50-34-27-45-35-36-53-55(51(45)37-50)52(44-17-9-3-10-18-44)38-54(59-53)46-19-11-4-12-20-46/h1-38H. The molecular weight excluding hydrogens is 753 g/mol. The molecule has 62 heavy (non-hydrogen) atoms. The van der Waals surface area contributed by atoms with E-state index in [1.807, 2.05) is 18.2 Å². The number of aromatic nitrogens is 4. The number of nitrogens with zero attached hydrogens (tertiary/aromatic N) is 4. The third-order valence-corrected chi connectivity index (χ3v) is 11.6. The van der Waals surface area contributed by atoms with E-state index >= 15 is 0 Å². The van der Waals surface area contributed by atoms with Crippen LogP contribution in [0.25, 0.3) is 112 Å². The van der Waals surface area contributed by atoms with Gasteiger partial charge in [0.2, 0.25) is 0 Å². The average molecular weight is 791 g/mol. The van der Waals surface area contributed by atoms with Crippen molar-refractivity contribution in [3.63, 3.8) is 0 Å². The van der Waals surface area contributed by atoms with Crippen LogP contribution in [0, 0.1) is 0 Å². The van der Waals surface area contributed by atoms with Crippen molar-refractivity contribution in [2.24, 2.45) is 0 Å². The second-order valence-electron chi connectivity index (χ2n) is 15.5. The first-order chi connectivity index (χ1) is 30.7. The smallest absolute Gasteiger partial charge is 0.164 e. The molecule has 4 nitrogen and oxygen atoms in total. The van der Waals surface area contributed by atoms with E-state index in [0.29, 0.717) is 17.5 Å². The van der Waals surface area contributed by atoms with Crippen molar-refractivity contribution < 1.29 is 0 Å². The lowest BCUT2D eigenvalue weighted by Gasteiger charge is -2.14. The number of rotatable bonds is 8. The zero-order chi connectivity index (χ0) is 41.2. The topological polar surface area (TPSA) is 51.6 Å². The molecule has 0 aliphatic carbocycles. The van der Waals surface area contributed by atoms with E-state index in [2.05, 4.69) is 212 Å². The summed E-state index contributed by atoms with van der Waals surface area (Å²) in [6.07, 6.45) is 0. The molecule has 0 amide bonds. The first-order valence-electron chi connectivity index (χ1n) is 20.9. The van der Waals surface area contributed by atoms with Crippen molar-refractivity contribution in [3.8, 4) is 89.9 Å². The van der Waals surface area contributed by atoms with E-state index in [1.165, 1.54) is 27.5 Å². The molecule has 2 aromatic heterocycles. The highest BCUT2D eigenvalue weighted by molar-refractivity contribution is 6.14. The molecule has 0 aliphatic heterocycles. The summed E-state index contributed by atoms with van der Waals surface area (Å²) in [5.74, 6) is 1.87. The largest absolute Gasteiger partial charge is 0.248 e. The summed E-state index contributed by atoms with van der Waals surface area (Å²) >= 11 is 0. The van der Waals surface area contributed by atoms with Crippen molar-refractivity contribution in [2.75, 3.05) is 0 Å². The van der Waals surface area contributed by atoms with Crippen molar-refractivity contribution in [1.82, 2.24) is 19.9 Å². The van der Waals surface area contributed by atoms with E-state index in [4.69, 9.17) is 19.9 Å². The molecule has 0 aliphatic rings. The second-order valence-corrected chi connectivity index (χ2v) is 15.5. The van der Waals surface area contributed by atoms with E-state index < -0.39 is 0 Å². The summed E-state index contributed by atoms with van der Waals surface area (Å²) in [5, 5.41) is 3.48. The summed E-state index contributed by atoms with van der Waals surface area (Å²) in [5.41, 5.74) is 15.0. The highest BCUT2D eigenvalue weighted by atomic mass is 15.0. The maximum absolute atomic E-state index is 5.20. The Labute approximate surface area is 360 Å². The van der Waals surface area contributed by atoms with Crippen LogP contribution in [0.1, 0.15) is 0 Å². The normalized spacial score (nSPS) is 11.2. The predicted molar refractivity (Wildman–Crippen MR) is 256 cm³/mol. The third kappa shape index (κ3) is 7.20. The van der Waals surface area contributed by atoms with Crippen LogP contribution in [0.4, 0.5) is 0 Å². The maximum Gasteiger partial charge on any atom is 0.164 e. The fourth-order valence-corrected chi connectivity index (χ4v) is 8.30. The molecule has 0 atom stereocenters. The lowest BCUT2D eigenvalue weighted by Crippen LogP contribution is -2.00. The number of pyridine rings is 1. The van der Waals surface area contributed by atoms with Crippen LogP contribution < -0.4 is 0 Å². The number of fused-ring (bicyclic) bond motifs is 3. The minimum absolute atomic E-state index is 0.619. The molecule has 0 saturated carbocycles. The van der Waals surface area contributed by atoms with Crippen LogP contribution in [0.15, 0.2) is 231 Å². The quantitative estimate of drug-likeness (QED) is 0.144. The molecule has 0 N–H and O–H groups in total. The fourth-order valence-electron chi connectivity index (χ4n) is 8.30. The van der Waals surface area contributed by atoms with Gasteiger partial charge in [-0.25, -0.2) is 19.9 Å². The van der Waals surface area contributed by atoms with Gasteiger partial charge >= 0.3 is 0 Å². The first kappa shape index (κ1) is 36.7. The van der Waals surface area contributed by atoms with Crippen LogP contribution in [0.2, 0.25) is 0 Å². The Kier molecular flexibility index (Phi) is 9.49. The van der Waals surface area contributed by atoms with Crippen LogP contribution in [0.5, 0.6) is 0 Å². The van der Waals surface area contributed by atoms with Crippen LogP contribution in [0.3, 0.4) is 0 Å². The van der Waals surface area contributed by atoms with Gasteiger partial charge < -0.3 is 0 Å². The number of hydrogen-bond acceptors (Lipinski definition) is 4. The molecular formula is C58H38N4. The molecule has 0 fully saturated rings. The van der Waals surface area contributed by atoms with Crippen LogP contribution >= 0.6 is 0 Å². The number of benzene rings is 9. The molecule has 0 spiro atoms. The minimum Gasteiger partial charge on any atom is -0.248 e. The van der Waals surface area contributed by atoms with Crippen molar-refractivity contribution in [3.05, 3.63) is 231 Å². The van der Waals surface area contributed by atoms with Gasteiger partial charge in [0.15, 0.2) is 17.5 Å². The van der Waals surface area contributed by atoms with Crippen molar-refractivity contribution >= 4 is 21.7 Å². The van der Waals surface area contributed by atoms with Gasteiger partial charge in [-0.05, 0) is 73.5 Å². The van der Waals surface area contributed by atoms with Gasteiger partial charge in [-0.1, -0.05) is 212 Å². The van der Waals surface area contributed by atoms with Gasteiger partial charge in [-0.3, -0.25) is 0 Å². The van der Waals surface area contributed by atoms with Crippen molar-refractivity contribution in [2.45, 2.75) is 0 Å². The van der Waals surface area contributed by atoms with Gasteiger partial charge in [0, 0.05) is 27.6 Å². The van der Waals surface area contributed by atoms with Crippen LogP contribution in [-0.4, -0.2) is 19.9 Å². The Balaban J connectivity index is 0.986. The van der Waals surface area contributed by atoms with Crippen LogP contribution in [-0.2, 0) is 0 Å². The van der Waals surface area contributed by atoms with E-state index in [9.17, 15) is 0 Å². The Morgan fingerprint density at radius 2 is 0.597 bits per heavy atom. The predicted octanol–water partition coefficient (Wildman–Crippen LogP) is 14.9. The van der Waals surface area contributed by atoms with E-state index in [0.717, 1.165) is 66.7 Å². The lowest BCUT2D eigenvalue weighted by atomic mass is 9.92. The van der Waals surface area contributed by atoms with Gasteiger partial charge in [0.1, 0.15) is 0 Å². The average Bonchev–Trinajstić information content (AvgIpc) is 3.37. The monoisotopic (exact) mass is 790 g/mol. The molecule has 4 heteroatoms. The highest BCUT2D eigenvalue weighted by Crippen LogP contribution is 2.39. The van der Waals surface area contributed by atoms with Gasteiger partial charge in [0.05, 0.1) is 11.2 Å². The molecule has 9 aromatic carbocycles. The fraction of sp³-hybridized carbons (Fsp3) is 0. The molecule has 0 radical (unpaired) electrons. The second kappa shape index (κ2) is 16.0. The summed E-state index contributed by atoms with van der Waals surface area (Å²) in [4.78, 5) is 20.4. The van der Waals surface area contributed by atoms with E-state index in [-0.39, 0.29) is 0 Å². The number of hydrogen-bond donors (Lipinski definition) is 0. The van der Waals surface area contributed by atoms with E-state index in [1.54, 1.807) is 0 Å². The third-order valence-electron chi connectivity index (χ3n) is 11.6. The molecule has 290 valence electrons. The van der Waals surface area contributed by atoms with Gasteiger partial charge in [-0.2, -0.15) is 0 Å². The summed E-state index contributed by atoms with van der Waals surface area (Å²) in [7, 11) is 0. The Bertz CT molecular complexity index is 3230. The highest BCUT2D eigenvalue weighted by Gasteiger charge is 2.16. The zero-order valence-electron chi connectivity index (χ0n) is 33.7. The zero-order valence-corrected chi connectivity index (χ0v) is 33.7. The molecule has 11 rings (SSSR count). The minimum atomic E-state index is 0.619. The summed E-state index contributed by atoms with van der Waals surface area (Å²) < 4.78 is 0. The van der Waals surface area contributed by atoms with Crippen molar-refractivity contribution in [1.29, 1.82) is 0 Å². The Morgan fingerprint density at radius 1 is 0.242 bits per heavy atom. The Hall–Kier alpha value is -8.34. The summed E-state index contributed by atoms with van der Waals surface area (Å²) in [6, 6.07) is 80.6. The molecule has 0 bridgehead atoms. The Morgan fingerprint density at radius 3 is 1.06 bits per heavy atom. The summed E-state index contributed by atoms with van der Waals surface area (Å²) in [6.45, 7) is 0. The van der Waals surface area contributed by atoms with Gasteiger partial charge in [0.25, 0.3) is 0 Å². The molecule has 11 aromatic rings. The SMILES string of the molecule is c1ccc(-c2ccc(-c3nc(-c4ccc(-c5ccccc5)cc4)nc(-c4ccc(-c5ccc6ccc7nc(-c8ccccc8)cc(-c8ccccc8)c7c6c5)cc4)n3)cc2)cc1. The molecule has 0 saturated heterocycles. The van der Waals surface area contributed by atoms with Gasteiger partial charge in [-0.15, -0.1) is 0 Å². The lowest BCUT2D eigenvalue weighted by molar-refractivity contribution is 1.07. The maximum atomic E-state index is 5.20.